The highest BCUT2D eigenvalue weighted by molar-refractivity contribution is 6.30. The molecule has 0 bridgehead atoms. The van der Waals surface area contributed by atoms with Crippen molar-refractivity contribution in [3.05, 3.63) is 63.7 Å². The van der Waals surface area contributed by atoms with Crippen molar-refractivity contribution in [2.75, 3.05) is 24.5 Å². The van der Waals surface area contributed by atoms with E-state index < -0.39 is 0 Å². The number of carbonyl (C=O) groups is 2. The summed E-state index contributed by atoms with van der Waals surface area (Å²) in [6.07, 6.45) is 5.44. The van der Waals surface area contributed by atoms with Crippen LogP contribution in [0, 0.1) is 5.92 Å². The standard InChI is InChI=1S/C24H24ClN7O2/c25-16-2-1-3-17(10-16)32-21-18(20(30-32)22(33)27-11-14-4-5-14)7-9-31(23(21)34)24-28-12-15-6-8-26-13-19(15)29-24/h1-3,10,12,14,26H,4-9,11,13H2,(H,27,33). The number of aromatic nitrogens is 4. The summed E-state index contributed by atoms with van der Waals surface area (Å²) < 4.78 is 1.53. The number of benzene rings is 1. The third-order valence-electron chi connectivity index (χ3n) is 6.58. The second-order valence-corrected chi connectivity index (χ2v) is 9.43. The summed E-state index contributed by atoms with van der Waals surface area (Å²) in [4.78, 5) is 37.5. The van der Waals surface area contributed by atoms with Gasteiger partial charge in [-0.15, -0.1) is 0 Å². The Balaban J connectivity index is 1.40. The molecule has 0 atom stereocenters. The average molecular weight is 478 g/mol. The first-order valence-corrected chi connectivity index (χ1v) is 12.0. The van der Waals surface area contributed by atoms with Gasteiger partial charge in [0.25, 0.3) is 11.8 Å². The minimum atomic E-state index is -0.279. The first kappa shape index (κ1) is 21.2. The second-order valence-electron chi connectivity index (χ2n) is 9.00. The Hall–Kier alpha value is -3.30. The SMILES string of the molecule is O=C(NCC1CC1)c1nn(-c2cccc(Cl)c2)c2c1CCN(c1ncc3c(n1)CNCC3)C2=O. The van der Waals surface area contributed by atoms with Crippen LogP contribution in [0.25, 0.3) is 5.69 Å². The number of nitrogens with one attached hydrogen (secondary N) is 2. The predicted octanol–water partition coefficient (Wildman–Crippen LogP) is 2.30. The molecule has 3 aromatic rings. The molecule has 0 unspecified atom stereocenters. The largest absolute Gasteiger partial charge is 0.350 e. The van der Waals surface area contributed by atoms with Crippen LogP contribution < -0.4 is 15.5 Å². The maximum absolute atomic E-state index is 13.8. The fourth-order valence-electron chi connectivity index (χ4n) is 4.52. The molecule has 0 radical (unpaired) electrons. The van der Waals surface area contributed by atoms with E-state index >= 15 is 0 Å². The van der Waals surface area contributed by atoms with E-state index in [1.807, 2.05) is 12.3 Å². The molecular formula is C24H24ClN7O2. The summed E-state index contributed by atoms with van der Waals surface area (Å²) in [5.41, 5.74) is 3.93. The van der Waals surface area contributed by atoms with Crippen LogP contribution in [0.3, 0.4) is 0 Å². The number of hydrogen-bond donors (Lipinski definition) is 2. The van der Waals surface area contributed by atoms with Gasteiger partial charge < -0.3 is 10.6 Å². The molecule has 1 aromatic carbocycles. The number of hydrogen-bond acceptors (Lipinski definition) is 6. The molecule has 34 heavy (non-hydrogen) atoms. The molecule has 6 rings (SSSR count). The lowest BCUT2D eigenvalue weighted by Crippen LogP contribution is -2.40. The maximum Gasteiger partial charge on any atom is 0.279 e. The molecule has 3 aliphatic rings. The Morgan fingerprint density at radius 1 is 1.26 bits per heavy atom. The van der Waals surface area contributed by atoms with E-state index in [-0.39, 0.29) is 11.8 Å². The van der Waals surface area contributed by atoms with Crippen LogP contribution in [0.4, 0.5) is 5.95 Å². The van der Waals surface area contributed by atoms with Crippen molar-refractivity contribution in [1.82, 2.24) is 30.4 Å². The number of fused-ring (bicyclic) bond motifs is 2. The molecule has 1 saturated carbocycles. The Morgan fingerprint density at radius 3 is 2.97 bits per heavy atom. The number of carbonyl (C=O) groups excluding carboxylic acids is 2. The average Bonchev–Trinajstić information content (AvgIpc) is 3.60. The van der Waals surface area contributed by atoms with E-state index in [1.165, 1.54) is 4.68 Å². The van der Waals surface area contributed by atoms with Gasteiger partial charge in [0.05, 0.1) is 11.4 Å². The molecule has 9 nitrogen and oxygen atoms in total. The predicted molar refractivity (Wildman–Crippen MR) is 126 cm³/mol. The molecule has 1 fully saturated rings. The first-order valence-electron chi connectivity index (χ1n) is 11.6. The van der Waals surface area contributed by atoms with Crippen LogP contribution in [0.15, 0.2) is 30.5 Å². The molecule has 4 heterocycles. The van der Waals surface area contributed by atoms with Crippen molar-refractivity contribution in [3.8, 4) is 5.69 Å². The van der Waals surface area contributed by atoms with Gasteiger partial charge in [-0.05, 0) is 61.9 Å². The summed E-state index contributed by atoms with van der Waals surface area (Å²) in [6.45, 7) is 2.56. The molecule has 174 valence electrons. The highest BCUT2D eigenvalue weighted by atomic mass is 35.5. The van der Waals surface area contributed by atoms with Crippen molar-refractivity contribution in [1.29, 1.82) is 0 Å². The van der Waals surface area contributed by atoms with Gasteiger partial charge in [0.2, 0.25) is 5.95 Å². The number of anilines is 1. The normalized spacial score (nSPS) is 17.3. The highest BCUT2D eigenvalue weighted by Crippen LogP contribution is 2.30. The highest BCUT2D eigenvalue weighted by Gasteiger charge is 2.36. The third kappa shape index (κ3) is 3.84. The number of rotatable bonds is 5. The van der Waals surface area contributed by atoms with Crippen molar-refractivity contribution in [3.63, 3.8) is 0 Å². The molecule has 1 aliphatic carbocycles. The van der Waals surface area contributed by atoms with Crippen LogP contribution in [-0.2, 0) is 19.4 Å². The fraction of sp³-hybridized carbons (Fsp3) is 0.375. The zero-order valence-electron chi connectivity index (χ0n) is 18.6. The van der Waals surface area contributed by atoms with Crippen molar-refractivity contribution in [2.24, 2.45) is 5.92 Å². The zero-order valence-corrected chi connectivity index (χ0v) is 19.3. The molecular weight excluding hydrogens is 454 g/mol. The lowest BCUT2D eigenvalue weighted by Gasteiger charge is -2.27. The van der Waals surface area contributed by atoms with Gasteiger partial charge in [-0.3, -0.25) is 14.5 Å². The van der Waals surface area contributed by atoms with Crippen LogP contribution in [-0.4, -0.2) is 51.2 Å². The molecule has 2 aromatic heterocycles. The molecule has 2 aliphatic heterocycles. The Labute approximate surface area is 201 Å². The van der Waals surface area contributed by atoms with Gasteiger partial charge in [-0.2, -0.15) is 5.10 Å². The minimum Gasteiger partial charge on any atom is -0.350 e. The van der Waals surface area contributed by atoms with Crippen LogP contribution >= 0.6 is 11.6 Å². The summed E-state index contributed by atoms with van der Waals surface area (Å²) in [6, 6.07) is 7.10. The fourth-order valence-corrected chi connectivity index (χ4v) is 4.71. The minimum absolute atomic E-state index is 0.249. The van der Waals surface area contributed by atoms with E-state index in [1.54, 1.807) is 23.1 Å². The van der Waals surface area contributed by atoms with E-state index in [0.717, 1.165) is 37.1 Å². The lowest BCUT2D eigenvalue weighted by molar-refractivity contribution is 0.0945. The Bertz CT molecular complexity index is 1300. The Morgan fingerprint density at radius 2 is 2.15 bits per heavy atom. The summed E-state index contributed by atoms with van der Waals surface area (Å²) in [5, 5.41) is 11.4. The van der Waals surface area contributed by atoms with Crippen LogP contribution in [0.2, 0.25) is 5.02 Å². The topological polar surface area (TPSA) is 105 Å². The van der Waals surface area contributed by atoms with Gasteiger partial charge in [0, 0.05) is 36.4 Å². The smallest absolute Gasteiger partial charge is 0.279 e. The summed E-state index contributed by atoms with van der Waals surface area (Å²) in [5.74, 6) is 0.388. The van der Waals surface area contributed by atoms with Crippen molar-refractivity contribution in [2.45, 2.75) is 32.2 Å². The van der Waals surface area contributed by atoms with Crippen LogP contribution in [0.5, 0.6) is 0 Å². The van der Waals surface area contributed by atoms with Gasteiger partial charge in [-0.25, -0.2) is 14.6 Å². The van der Waals surface area contributed by atoms with Gasteiger partial charge in [0.15, 0.2) is 5.69 Å². The summed E-state index contributed by atoms with van der Waals surface area (Å²) >= 11 is 6.23. The zero-order chi connectivity index (χ0) is 23.2. The van der Waals surface area contributed by atoms with E-state index in [0.29, 0.717) is 65.6 Å². The first-order chi connectivity index (χ1) is 16.6. The Kier molecular flexibility index (Phi) is 5.30. The lowest BCUT2D eigenvalue weighted by atomic mass is 10.0. The van der Waals surface area contributed by atoms with Gasteiger partial charge in [-0.1, -0.05) is 17.7 Å². The molecule has 2 amide bonds. The molecule has 2 N–H and O–H groups in total. The van der Waals surface area contributed by atoms with Crippen molar-refractivity contribution >= 4 is 29.4 Å². The van der Waals surface area contributed by atoms with E-state index in [4.69, 9.17) is 11.6 Å². The third-order valence-corrected chi connectivity index (χ3v) is 6.81. The number of nitrogens with zero attached hydrogens (tertiary/aromatic N) is 5. The van der Waals surface area contributed by atoms with E-state index in [9.17, 15) is 9.59 Å². The van der Waals surface area contributed by atoms with Crippen molar-refractivity contribution < 1.29 is 9.59 Å². The van der Waals surface area contributed by atoms with E-state index in [2.05, 4.69) is 25.7 Å². The van der Waals surface area contributed by atoms with Gasteiger partial charge in [0.1, 0.15) is 5.69 Å². The maximum atomic E-state index is 13.8. The molecule has 0 spiro atoms. The summed E-state index contributed by atoms with van der Waals surface area (Å²) in [7, 11) is 0. The number of amides is 2. The van der Waals surface area contributed by atoms with Gasteiger partial charge >= 0.3 is 0 Å². The quantitative estimate of drug-likeness (QED) is 0.584. The monoisotopic (exact) mass is 477 g/mol. The molecule has 10 heteroatoms. The molecule has 0 saturated heterocycles. The number of halogens is 1. The second kappa shape index (κ2) is 8.48. The van der Waals surface area contributed by atoms with Crippen LogP contribution in [0.1, 0.15) is 50.6 Å².